The van der Waals surface area contributed by atoms with E-state index in [-0.39, 0.29) is 0 Å². The first-order valence-electron chi connectivity index (χ1n) is 14.0. The van der Waals surface area contributed by atoms with E-state index in [9.17, 15) is 0 Å². The molecule has 0 aliphatic heterocycles. The third kappa shape index (κ3) is 10.1. The molecule has 204 valence electrons. The van der Waals surface area contributed by atoms with Crippen molar-refractivity contribution >= 4 is 32.5 Å². The summed E-state index contributed by atoms with van der Waals surface area (Å²) in [5.74, 6) is 0.410. The van der Waals surface area contributed by atoms with Gasteiger partial charge in [-0.25, -0.2) is 0 Å². The molecule has 1 aromatic heterocycles. The molecule has 0 saturated carbocycles. The number of aromatic amines is 1. The molecule has 2 rings (SSSR count). The largest absolute Gasteiger partial charge is 0.384 e. The van der Waals surface area contributed by atoms with Crippen LogP contribution in [0.5, 0.6) is 0 Å². The molecule has 1 atom stereocenters. The summed E-state index contributed by atoms with van der Waals surface area (Å²) in [6.45, 7) is 17.1. The first-order chi connectivity index (χ1) is 18.5. The Labute approximate surface area is 239 Å². The average Bonchev–Trinajstić information content (AvgIpc) is 3.35. The number of nitrogens with one attached hydrogen (secondary N) is 2. The summed E-state index contributed by atoms with van der Waals surface area (Å²) in [5, 5.41) is 5.00. The molecular weight excluding hydrogens is 530 g/mol. The third-order valence-electron chi connectivity index (χ3n) is 6.84. The Hall–Kier alpha value is -2.85. The van der Waals surface area contributed by atoms with Crippen LogP contribution in [0.3, 0.4) is 0 Å². The Morgan fingerprint density at radius 1 is 1.16 bits per heavy atom. The van der Waals surface area contributed by atoms with Crippen LogP contribution < -0.4 is 5.32 Å². The van der Waals surface area contributed by atoms with Gasteiger partial charge in [-0.15, -0.1) is 0 Å². The maximum absolute atomic E-state index is 5.14. The highest BCUT2D eigenvalue weighted by atomic mass is 79.9. The molecule has 2 N–H and O–H groups in total. The van der Waals surface area contributed by atoms with Crippen molar-refractivity contribution < 1.29 is 0 Å². The molecule has 0 saturated heterocycles. The number of aliphatic imine (C=N–C) groups is 1. The molecule has 38 heavy (non-hydrogen) atoms. The molecule has 0 aliphatic rings. The summed E-state index contributed by atoms with van der Waals surface area (Å²) in [4.78, 5) is 8.55. The van der Waals surface area contributed by atoms with Crippen LogP contribution in [0.15, 0.2) is 107 Å². The van der Waals surface area contributed by atoms with E-state index >= 15 is 0 Å². The molecule has 0 bridgehead atoms. The van der Waals surface area contributed by atoms with Crippen LogP contribution >= 0.6 is 15.9 Å². The van der Waals surface area contributed by atoms with E-state index in [1.54, 1.807) is 0 Å². The average molecular weight is 577 g/mol. The Kier molecular flexibility index (Phi) is 14.5. The normalized spacial score (nSPS) is 14.6. The van der Waals surface area contributed by atoms with Crippen LogP contribution in [0.4, 0.5) is 0 Å². The first-order valence-corrected chi connectivity index (χ1v) is 14.8. The molecular formula is C34H46BrN3. The highest BCUT2D eigenvalue weighted by Gasteiger charge is 2.16. The van der Waals surface area contributed by atoms with Crippen molar-refractivity contribution in [2.75, 3.05) is 6.54 Å². The van der Waals surface area contributed by atoms with Crippen molar-refractivity contribution in [2.45, 2.75) is 72.6 Å². The lowest BCUT2D eigenvalue weighted by atomic mass is 9.90. The maximum Gasteiger partial charge on any atom is 0.0517 e. The van der Waals surface area contributed by atoms with E-state index in [0.717, 1.165) is 54.5 Å². The fourth-order valence-electron chi connectivity index (χ4n) is 4.59. The Balaban J connectivity index is 2.21. The number of fused-ring (bicyclic) bond motifs is 1. The lowest BCUT2D eigenvalue weighted by molar-refractivity contribution is 0.530. The molecule has 4 heteroatoms. The van der Waals surface area contributed by atoms with Gasteiger partial charge in [0.15, 0.2) is 0 Å². The topological polar surface area (TPSA) is 40.2 Å². The molecule has 0 fully saturated rings. The molecule has 0 aliphatic carbocycles. The van der Waals surface area contributed by atoms with Gasteiger partial charge in [0.05, 0.1) is 5.70 Å². The number of rotatable bonds is 17. The van der Waals surface area contributed by atoms with Gasteiger partial charge in [-0.2, -0.15) is 0 Å². The summed E-state index contributed by atoms with van der Waals surface area (Å²) in [5.41, 5.74) is 7.19. The molecule has 0 radical (unpaired) electrons. The van der Waals surface area contributed by atoms with Gasteiger partial charge >= 0.3 is 0 Å². The number of allylic oxidation sites excluding steroid dienone is 8. The van der Waals surface area contributed by atoms with Gasteiger partial charge in [-0.3, -0.25) is 4.99 Å². The van der Waals surface area contributed by atoms with E-state index in [4.69, 9.17) is 4.99 Å². The van der Waals surface area contributed by atoms with Gasteiger partial charge in [0, 0.05) is 45.5 Å². The minimum atomic E-state index is 0.410. The summed E-state index contributed by atoms with van der Waals surface area (Å²) in [6.07, 6.45) is 22.1. The number of para-hydroxylation sites is 1. The van der Waals surface area contributed by atoms with Crippen LogP contribution in [-0.4, -0.2) is 17.2 Å². The third-order valence-corrected chi connectivity index (χ3v) is 7.74. The highest BCUT2D eigenvalue weighted by molar-refractivity contribution is 9.11. The van der Waals surface area contributed by atoms with Crippen molar-refractivity contribution in [2.24, 2.45) is 10.9 Å². The predicted octanol–water partition coefficient (Wildman–Crippen LogP) is 10.1. The smallest absolute Gasteiger partial charge is 0.0517 e. The van der Waals surface area contributed by atoms with E-state index in [1.807, 2.05) is 18.2 Å². The number of aromatic nitrogens is 1. The number of hydrogen-bond acceptors (Lipinski definition) is 2. The van der Waals surface area contributed by atoms with Crippen LogP contribution in [0.1, 0.15) is 71.8 Å². The number of hydrogen-bond donors (Lipinski definition) is 2. The molecule has 1 aromatic carbocycles. The first kappa shape index (κ1) is 31.4. The monoisotopic (exact) mass is 575 g/mol. The minimum Gasteiger partial charge on any atom is -0.384 e. The van der Waals surface area contributed by atoms with Gasteiger partial charge in [-0.1, -0.05) is 88.4 Å². The number of aryl methyl sites for hydroxylation is 1. The van der Waals surface area contributed by atoms with Crippen LogP contribution in [0, 0.1) is 5.92 Å². The van der Waals surface area contributed by atoms with Crippen molar-refractivity contribution in [1.29, 1.82) is 0 Å². The number of nitrogens with zero attached hydrogens (tertiary/aromatic N) is 1. The Morgan fingerprint density at radius 3 is 2.63 bits per heavy atom. The zero-order chi connectivity index (χ0) is 27.8. The van der Waals surface area contributed by atoms with Gasteiger partial charge in [-0.05, 0) is 85.2 Å². The van der Waals surface area contributed by atoms with Gasteiger partial charge < -0.3 is 10.3 Å². The van der Waals surface area contributed by atoms with Gasteiger partial charge in [0.1, 0.15) is 0 Å². The van der Waals surface area contributed by atoms with Crippen molar-refractivity contribution in [1.82, 2.24) is 10.3 Å². The van der Waals surface area contributed by atoms with Crippen molar-refractivity contribution in [3.8, 4) is 0 Å². The molecule has 2 aromatic rings. The Bertz CT molecular complexity index is 1190. The second-order valence-electron chi connectivity index (χ2n) is 9.60. The van der Waals surface area contributed by atoms with E-state index < -0.39 is 0 Å². The number of benzene rings is 1. The Morgan fingerprint density at radius 2 is 1.95 bits per heavy atom. The molecule has 1 heterocycles. The molecule has 3 nitrogen and oxygen atoms in total. The van der Waals surface area contributed by atoms with Crippen LogP contribution in [-0.2, 0) is 6.42 Å². The molecule has 0 spiro atoms. The van der Waals surface area contributed by atoms with Crippen molar-refractivity contribution in [3.63, 3.8) is 0 Å². The number of H-pyrrole nitrogens is 1. The summed E-state index contributed by atoms with van der Waals surface area (Å²) >= 11 is 3.62. The number of unbranched alkanes of at least 4 members (excludes halogenated alkanes) is 1. The van der Waals surface area contributed by atoms with Gasteiger partial charge in [0.25, 0.3) is 0 Å². The second kappa shape index (κ2) is 17.6. The quantitative estimate of drug-likeness (QED) is 0.110. The molecule has 1 unspecified atom stereocenters. The summed E-state index contributed by atoms with van der Waals surface area (Å²) in [7, 11) is 0. The van der Waals surface area contributed by atoms with E-state index in [0.29, 0.717) is 5.92 Å². The lowest BCUT2D eigenvalue weighted by Crippen LogP contribution is -2.20. The predicted molar refractivity (Wildman–Crippen MR) is 173 cm³/mol. The molecule has 0 amide bonds. The highest BCUT2D eigenvalue weighted by Crippen LogP contribution is 2.24. The van der Waals surface area contributed by atoms with Crippen LogP contribution in [0.2, 0.25) is 0 Å². The van der Waals surface area contributed by atoms with Crippen LogP contribution in [0.25, 0.3) is 10.9 Å². The second-order valence-corrected chi connectivity index (χ2v) is 10.5. The maximum atomic E-state index is 5.14. The zero-order valence-corrected chi connectivity index (χ0v) is 25.4. The fraction of sp³-hybridized carbons (Fsp3) is 0.382. The van der Waals surface area contributed by atoms with Gasteiger partial charge in [0.2, 0.25) is 0 Å². The summed E-state index contributed by atoms with van der Waals surface area (Å²) in [6, 6.07) is 8.58. The van der Waals surface area contributed by atoms with E-state index in [1.165, 1.54) is 40.6 Å². The lowest BCUT2D eigenvalue weighted by Gasteiger charge is -2.19. The fourth-order valence-corrected chi connectivity index (χ4v) is 4.68. The SMILES string of the molecule is C=C/C=C\C(=C/C)CN/C(=C/C(=N\C(C)=C(/Br)C=C)C(CCC)CCCCc1c[nH]c2ccccc12)CC. The summed E-state index contributed by atoms with van der Waals surface area (Å²) < 4.78 is 0.940. The van der Waals surface area contributed by atoms with Crippen molar-refractivity contribution in [3.05, 3.63) is 107 Å². The standard InChI is InChI=1S/C34H46BrN3/c1-7-12-18-27(9-3)24-36-30(10-4)23-34(38-26(6)32(35)11-5)28(17-8-2)19-13-14-20-29-25-37-33-22-16-15-21-31(29)33/h7,9,11-12,15-16,18,21-23,25,28,36-37H,1,5,8,10,13-14,17,19-20,24H2,2-4,6H3/b18-12-,27-9+,30-23+,32-26-,38-34+. The van der Waals surface area contributed by atoms with E-state index in [2.05, 4.69) is 116 Å². The zero-order valence-electron chi connectivity index (χ0n) is 23.8. The number of halogens is 1. The minimum absolute atomic E-state index is 0.410.